The zero-order chi connectivity index (χ0) is 29.1. The number of methoxy groups -OCH3 is 1. The number of aromatic nitrogens is 2. The summed E-state index contributed by atoms with van der Waals surface area (Å²) >= 11 is 0. The highest BCUT2D eigenvalue weighted by atomic mass is 19.4. The number of benzene rings is 2. The van der Waals surface area contributed by atoms with E-state index in [0.29, 0.717) is 35.2 Å². The maximum atomic E-state index is 13.6. The van der Waals surface area contributed by atoms with Crippen molar-refractivity contribution in [2.24, 2.45) is 11.8 Å². The molecule has 2 aromatic carbocycles. The second-order valence-corrected chi connectivity index (χ2v) is 9.56. The van der Waals surface area contributed by atoms with Gasteiger partial charge in [-0.25, -0.2) is 4.98 Å². The number of nitrogens with zero attached hydrogens (tertiary/aromatic N) is 2. The summed E-state index contributed by atoms with van der Waals surface area (Å²) in [5.41, 5.74) is 1.22. The van der Waals surface area contributed by atoms with Gasteiger partial charge in [0.2, 0.25) is 11.7 Å². The first kappa shape index (κ1) is 27.8. The Balaban J connectivity index is 1.29. The van der Waals surface area contributed by atoms with Crippen LogP contribution < -0.4 is 5.32 Å². The number of amides is 1. The highest BCUT2D eigenvalue weighted by Gasteiger charge is 2.42. The Morgan fingerprint density at radius 1 is 0.927 bits per heavy atom. The minimum Gasteiger partial charge on any atom is -0.469 e. The number of halogens is 3. The molecule has 0 spiro atoms. The molecule has 1 fully saturated rings. The number of pyridine rings is 1. The van der Waals surface area contributed by atoms with Crippen LogP contribution >= 0.6 is 0 Å². The van der Waals surface area contributed by atoms with Crippen molar-refractivity contribution < 1.29 is 36.7 Å². The van der Waals surface area contributed by atoms with E-state index < -0.39 is 35.4 Å². The fraction of sp³-hybridized carbons (Fsp3) is 0.233. The predicted molar refractivity (Wildman–Crippen MR) is 142 cm³/mol. The molecular formula is C30H24F3N3O5. The van der Waals surface area contributed by atoms with Gasteiger partial charge in [0, 0.05) is 22.6 Å². The first-order valence-corrected chi connectivity index (χ1v) is 12.8. The summed E-state index contributed by atoms with van der Waals surface area (Å²) in [7, 11) is 1.32. The summed E-state index contributed by atoms with van der Waals surface area (Å²) in [4.78, 5) is 45.9. The third kappa shape index (κ3) is 5.88. The second kappa shape index (κ2) is 11.4. The largest absolute Gasteiger partial charge is 0.469 e. The summed E-state index contributed by atoms with van der Waals surface area (Å²) in [5, 5.41) is 2.38. The Labute approximate surface area is 232 Å². The zero-order valence-corrected chi connectivity index (χ0v) is 21.8. The molecule has 2 heterocycles. The number of hydrogen-bond donors (Lipinski definition) is 1. The third-order valence-corrected chi connectivity index (χ3v) is 6.96. The first-order valence-electron chi connectivity index (χ1n) is 12.8. The van der Waals surface area contributed by atoms with E-state index in [9.17, 15) is 27.6 Å². The van der Waals surface area contributed by atoms with E-state index in [1.54, 1.807) is 48.5 Å². The molecule has 5 rings (SSSR count). The molecule has 0 aliphatic heterocycles. The van der Waals surface area contributed by atoms with E-state index in [0.717, 1.165) is 6.42 Å². The van der Waals surface area contributed by atoms with Crippen molar-refractivity contribution in [2.75, 3.05) is 12.4 Å². The molecule has 2 aromatic heterocycles. The van der Waals surface area contributed by atoms with Gasteiger partial charge < -0.3 is 14.5 Å². The lowest BCUT2D eigenvalue weighted by molar-refractivity contribution is -0.153. The highest BCUT2D eigenvalue weighted by molar-refractivity contribution is 6.04. The minimum atomic E-state index is -4.93. The summed E-state index contributed by atoms with van der Waals surface area (Å²) in [6.45, 7) is 0. The molecular weight excluding hydrogens is 539 g/mol. The van der Waals surface area contributed by atoms with Crippen molar-refractivity contribution in [1.82, 2.24) is 9.97 Å². The van der Waals surface area contributed by atoms with Crippen LogP contribution in [0.25, 0.3) is 22.7 Å². The maximum absolute atomic E-state index is 13.6. The standard InChI is InChI=1S/C30H24F3N3O5/c1-40-29(39)22-9-5-8-21(22)25(37)18-12-10-17(11-13-18)23-15-14-20(16-34-23)35-27(38)24-26(30(31,32)33)41-28(36-24)19-6-3-2-4-7-19/h2-4,6-7,10-16,21-22H,5,8-9H2,1H3,(H,35,38)/t21-,22-/m1/s1. The zero-order valence-electron chi connectivity index (χ0n) is 21.8. The van der Waals surface area contributed by atoms with Crippen LogP contribution in [0, 0.1) is 11.8 Å². The second-order valence-electron chi connectivity index (χ2n) is 9.56. The van der Waals surface area contributed by atoms with Crippen molar-refractivity contribution in [3.8, 4) is 22.7 Å². The van der Waals surface area contributed by atoms with Gasteiger partial charge >= 0.3 is 12.1 Å². The van der Waals surface area contributed by atoms with E-state index in [1.807, 2.05) is 0 Å². The number of ether oxygens (including phenoxy) is 1. The average molecular weight is 564 g/mol. The summed E-state index contributed by atoms with van der Waals surface area (Å²) in [5.74, 6) is -4.26. The van der Waals surface area contributed by atoms with Crippen LogP contribution in [0.1, 0.15) is 45.9 Å². The molecule has 11 heteroatoms. The van der Waals surface area contributed by atoms with Crippen LogP contribution in [-0.2, 0) is 15.7 Å². The van der Waals surface area contributed by atoms with Crippen LogP contribution in [0.15, 0.2) is 77.3 Å². The van der Waals surface area contributed by atoms with Gasteiger partial charge in [0.15, 0.2) is 11.5 Å². The molecule has 1 amide bonds. The van der Waals surface area contributed by atoms with Gasteiger partial charge in [-0.3, -0.25) is 19.4 Å². The first-order chi connectivity index (χ1) is 19.7. The Kier molecular flexibility index (Phi) is 7.69. The molecule has 1 aliphatic carbocycles. The fourth-order valence-corrected chi connectivity index (χ4v) is 4.93. The third-order valence-electron chi connectivity index (χ3n) is 6.96. The molecule has 0 saturated heterocycles. The number of Topliss-reactive ketones (excluding diaryl/α,β-unsaturated/α-hetero) is 1. The quantitative estimate of drug-likeness (QED) is 0.203. The maximum Gasteiger partial charge on any atom is 0.452 e. The summed E-state index contributed by atoms with van der Waals surface area (Å²) in [6, 6.07) is 17.8. The number of esters is 1. The molecule has 8 nitrogen and oxygen atoms in total. The average Bonchev–Trinajstić information content (AvgIpc) is 3.66. The number of carbonyl (C=O) groups excluding carboxylic acids is 3. The van der Waals surface area contributed by atoms with Gasteiger partial charge in [0.25, 0.3) is 5.91 Å². The number of alkyl halides is 3. The van der Waals surface area contributed by atoms with Gasteiger partial charge in [-0.15, -0.1) is 0 Å². The molecule has 210 valence electrons. The lowest BCUT2D eigenvalue weighted by Gasteiger charge is -2.16. The lowest BCUT2D eigenvalue weighted by atomic mass is 9.88. The van der Waals surface area contributed by atoms with Crippen LogP contribution in [0.2, 0.25) is 0 Å². The monoisotopic (exact) mass is 563 g/mol. The Bertz CT molecular complexity index is 1570. The summed E-state index contributed by atoms with van der Waals surface area (Å²) < 4.78 is 50.5. The SMILES string of the molecule is COC(=O)[C@@H]1CCC[C@H]1C(=O)c1ccc(-c2ccc(NC(=O)c3nc(-c4ccccc4)oc3C(F)(F)F)cn2)cc1. The number of anilines is 1. The Morgan fingerprint density at radius 2 is 1.63 bits per heavy atom. The van der Waals surface area contributed by atoms with Gasteiger partial charge in [0.05, 0.1) is 30.6 Å². The Hall–Kier alpha value is -4.80. The number of hydrogen-bond acceptors (Lipinski definition) is 7. The Morgan fingerprint density at radius 3 is 2.27 bits per heavy atom. The highest BCUT2D eigenvalue weighted by Crippen LogP contribution is 2.37. The fourth-order valence-electron chi connectivity index (χ4n) is 4.93. The molecule has 41 heavy (non-hydrogen) atoms. The van der Waals surface area contributed by atoms with Gasteiger partial charge in [-0.1, -0.05) is 48.9 Å². The van der Waals surface area contributed by atoms with Crippen molar-refractivity contribution in [1.29, 1.82) is 0 Å². The molecule has 1 N–H and O–H groups in total. The number of rotatable bonds is 7. The van der Waals surface area contributed by atoms with E-state index >= 15 is 0 Å². The van der Waals surface area contributed by atoms with Crippen molar-refractivity contribution in [2.45, 2.75) is 25.4 Å². The van der Waals surface area contributed by atoms with Crippen molar-refractivity contribution in [3.05, 3.63) is 89.9 Å². The normalized spacial score (nSPS) is 16.8. The number of nitrogens with one attached hydrogen (secondary N) is 1. The number of oxazole rings is 1. The van der Waals surface area contributed by atoms with Gasteiger partial charge in [0.1, 0.15) is 0 Å². The smallest absolute Gasteiger partial charge is 0.452 e. The molecule has 2 atom stereocenters. The van der Waals surface area contributed by atoms with E-state index in [1.165, 1.54) is 31.5 Å². The van der Waals surface area contributed by atoms with Crippen LogP contribution in [0.5, 0.6) is 0 Å². The van der Waals surface area contributed by atoms with Crippen molar-refractivity contribution >= 4 is 23.3 Å². The van der Waals surface area contributed by atoms with Crippen LogP contribution in [-0.4, -0.2) is 34.7 Å². The minimum absolute atomic E-state index is 0.114. The molecule has 1 saturated carbocycles. The molecule has 4 aromatic rings. The number of ketones is 1. The molecule has 0 radical (unpaired) electrons. The lowest BCUT2D eigenvalue weighted by Crippen LogP contribution is -2.26. The molecule has 0 bridgehead atoms. The van der Waals surface area contributed by atoms with E-state index in [2.05, 4.69) is 15.3 Å². The van der Waals surface area contributed by atoms with Gasteiger partial charge in [-0.05, 0) is 37.1 Å². The molecule has 0 unspecified atom stereocenters. The summed E-state index contributed by atoms with van der Waals surface area (Å²) in [6.07, 6.45) is -1.60. The van der Waals surface area contributed by atoms with Crippen LogP contribution in [0.3, 0.4) is 0 Å². The predicted octanol–water partition coefficient (Wildman–Crippen LogP) is 6.45. The van der Waals surface area contributed by atoms with E-state index in [4.69, 9.17) is 9.15 Å². The van der Waals surface area contributed by atoms with E-state index in [-0.39, 0.29) is 23.3 Å². The van der Waals surface area contributed by atoms with Crippen molar-refractivity contribution in [3.63, 3.8) is 0 Å². The van der Waals surface area contributed by atoms with Crippen LogP contribution in [0.4, 0.5) is 18.9 Å². The topological polar surface area (TPSA) is 111 Å². The molecule has 1 aliphatic rings. The van der Waals surface area contributed by atoms with Gasteiger partial charge in [-0.2, -0.15) is 13.2 Å². The number of carbonyl (C=O) groups is 3.